The van der Waals surface area contributed by atoms with Crippen LogP contribution in [0, 0.1) is 17.3 Å². The summed E-state index contributed by atoms with van der Waals surface area (Å²) >= 11 is 0. The Morgan fingerprint density at radius 3 is 2.76 bits per heavy atom. The van der Waals surface area contributed by atoms with Crippen LogP contribution in [0.3, 0.4) is 0 Å². The van der Waals surface area contributed by atoms with Crippen LogP contribution in [-0.2, 0) is 14.3 Å². The van der Waals surface area contributed by atoms with Gasteiger partial charge >= 0.3 is 0 Å². The third kappa shape index (κ3) is 1.59. The fraction of sp³-hybridized carbons (Fsp3) is 0.929. The first-order chi connectivity index (χ1) is 8.10. The Labute approximate surface area is 103 Å². The van der Waals surface area contributed by atoms with Gasteiger partial charge in [-0.3, -0.25) is 4.79 Å². The highest BCUT2D eigenvalue weighted by molar-refractivity contribution is 5.82. The molecule has 3 aliphatic rings. The van der Waals surface area contributed by atoms with Crippen LogP contribution in [0.1, 0.15) is 46.0 Å². The average molecular weight is 238 g/mol. The SMILES string of the molecule is CC[C@H](C)C12CC(=O)CC1CC1(C2)OCCO1. The van der Waals surface area contributed by atoms with Crippen molar-refractivity contribution in [1.82, 2.24) is 0 Å². The van der Waals surface area contributed by atoms with Gasteiger partial charge in [0, 0.05) is 25.7 Å². The van der Waals surface area contributed by atoms with Crippen LogP contribution in [-0.4, -0.2) is 24.8 Å². The summed E-state index contributed by atoms with van der Waals surface area (Å²) in [5.41, 5.74) is 0.163. The van der Waals surface area contributed by atoms with Gasteiger partial charge in [-0.25, -0.2) is 0 Å². The predicted octanol–water partition coefficient (Wildman–Crippen LogP) is 2.53. The van der Waals surface area contributed by atoms with Gasteiger partial charge in [0.25, 0.3) is 0 Å². The molecule has 3 heteroatoms. The number of fused-ring (bicyclic) bond motifs is 1. The van der Waals surface area contributed by atoms with Crippen molar-refractivity contribution >= 4 is 5.78 Å². The molecule has 0 radical (unpaired) electrons. The van der Waals surface area contributed by atoms with Crippen molar-refractivity contribution < 1.29 is 14.3 Å². The van der Waals surface area contributed by atoms with Crippen LogP contribution in [0.4, 0.5) is 0 Å². The van der Waals surface area contributed by atoms with Crippen LogP contribution >= 0.6 is 0 Å². The highest BCUT2D eigenvalue weighted by Gasteiger charge is 2.62. The maximum atomic E-state index is 11.8. The zero-order valence-corrected chi connectivity index (χ0v) is 10.8. The minimum absolute atomic E-state index is 0.163. The second-order valence-corrected chi connectivity index (χ2v) is 6.15. The summed E-state index contributed by atoms with van der Waals surface area (Å²) in [6.07, 6.45) is 4.51. The number of ether oxygens (including phenoxy) is 2. The minimum atomic E-state index is -0.338. The summed E-state index contributed by atoms with van der Waals surface area (Å²) < 4.78 is 11.7. The molecule has 2 aliphatic carbocycles. The second kappa shape index (κ2) is 3.79. The molecule has 0 bridgehead atoms. The molecule has 1 aliphatic heterocycles. The van der Waals surface area contributed by atoms with Crippen molar-refractivity contribution in [3.05, 3.63) is 0 Å². The summed E-state index contributed by atoms with van der Waals surface area (Å²) in [6.45, 7) is 5.95. The Balaban J connectivity index is 1.89. The van der Waals surface area contributed by atoms with Crippen LogP contribution in [0.2, 0.25) is 0 Å². The third-order valence-corrected chi connectivity index (χ3v) is 5.38. The van der Waals surface area contributed by atoms with E-state index in [0.29, 0.717) is 17.6 Å². The fourth-order valence-electron chi connectivity index (χ4n) is 4.37. The van der Waals surface area contributed by atoms with Crippen LogP contribution < -0.4 is 0 Å². The smallest absolute Gasteiger partial charge is 0.169 e. The van der Waals surface area contributed by atoms with Gasteiger partial charge in [0.05, 0.1) is 13.2 Å². The minimum Gasteiger partial charge on any atom is -0.348 e. The summed E-state index contributed by atoms with van der Waals surface area (Å²) in [5.74, 6) is 1.19. The predicted molar refractivity (Wildman–Crippen MR) is 63.5 cm³/mol. The van der Waals surface area contributed by atoms with Gasteiger partial charge in [-0.2, -0.15) is 0 Å². The van der Waals surface area contributed by atoms with Crippen molar-refractivity contribution in [2.24, 2.45) is 17.3 Å². The number of ketones is 1. The highest BCUT2D eigenvalue weighted by atomic mass is 16.7. The molecular weight excluding hydrogens is 216 g/mol. The van der Waals surface area contributed by atoms with Crippen molar-refractivity contribution in [2.45, 2.75) is 51.7 Å². The Hall–Kier alpha value is -0.410. The van der Waals surface area contributed by atoms with Gasteiger partial charge in [-0.05, 0) is 17.3 Å². The van der Waals surface area contributed by atoms with Gasteiger partial charge in [-0.15, -0.1) is 0 Å². The van der Waals surface area contributed by atoms with Gasteiger partial charge in [0.1, 0.15) is 5.78 Å². The fourth-order valence-corrected chi connectivity index (χ4v) is 4.37. The number of rotatable bonds is 2. The van der Waals surface area contributed by atoms with E-state index < -0.39 is 0 Å². The normalized spacial score (nSPS) is 41.1. The molecule has 0 amide bonds. The maximum absolute atomic E-state index is 11.8. The van der Waals surface area contributed by atoms with E-state index in [2.05, 4.69) is 13.8 Å². The standard InChI is InChI=1S/C14H22O3/c1-3-10(2)13-8-12(15)6-11(13)7-14(9-13)16-4-5-17-14/h10-11H,3-9H2,1-2H3/t10-,11?,13?/m0/s1. The third-order valence-electron chi connectivity index (χ3n) is 5.38. The quantitative estimate of drug-likeness (QED) is 0.741. The lowest BCUT2D eigenvalue weighted by Crippen LogP contribution is -2.33. The zero-order valence-electron chi connectivity index (χ0n) is 10.8. The van der Waals surface area contributed by atoms with Crippen LogP contribution in [0.25, 0.3) is 0 Å². The second-order valence-electron chi connectivity index (χ2n) is 6.15. The molecule has 3 atom stereocenters. The van der Waals surface area contributed by atoms with Gasteiger partial charge < -0.3 is 9.47 Å². The van der Waals surface area contributed by atoms with E-state index in [4.69, 9.17) is 9.47 Å². The van der Waals surface area contributed by atoms with E-state index in [9.17, 15) is 4.79 Å². The van der Waals surface area contributed by atoms with Gasteiger partial charge in [0.2, 0.25) is 0 Å². The number of hydrogen-bond donors (Lipinski definition) is 0. The molecule has 0 aromatic heterocycles. The molecule has 2 saturated carbocycles. The van der Waals surface area contributed by atoms with E-state index in [1.54, 1.807) is 0 Å². The monoisotopic (exact) mass is 238 g/mol. The molecule has 1 saturated heterocycles. The molecule has 0 aromatic rings. The molecule has 17 heavy (non-hydrogen) atoms. The van der Waals surface area contributed by atoms with Gasteiger partial charge in [-0.1, -0.05) is 20.3 Å². The van der Waals surface area contributed by atoms with Gasteiger partial charge in [0.15, 0.2) is 5.79 Å². The Kier molecular flexibility index (Phi) is 2.60. The molecule has 0 aromatic carbocycles. The number of carbonyl (C=O) groups is 1. The number of carbonyl (C=O) groups excluding carboxylic acids is 1. The molecular formula is C14H22O3. The average Bonchev–Trinajstić information content (AvgIpc) is 2.92. The molecule has 3 nitrogen and oxygen atoms in total. The zero-order chi connectivity index (χ0) is 12.1. The van der Waals surface area contributed by atoms with E-state index >= 15 is 0 Å². The number of hydrogen-bond acceptors (Lipinski definition) is 3. The van der Waals surface area contributed by atoms with Crippen molar-refractivity contribution in [3.8, 4) is 0 Å². The van der Waals surface area contributed by atoms with E-state index in [-0.39, 0.29) is 11.2 Å². The summed E-state index contributed by atoms with van der Waals surface area (Å²) in [7, 11) is 0. The Morgan fingerprint density at radius 2 is 2.12 bits per heavy atom. The molecule has 96 valence electrons. The van der Waals surface area contributed by atoms with Crippen molar-refractivity contribution in [2.75, 3.05) is 13.2 Å². The molecule has 0 N–H and O–H groups in total. The lowest BCUT2D eigenvalue weighted by Gasteiger charge is -2.35. The first-order valence-electron chi connectivity index (χ1n) is 6.90. The van der Waals surface area contributed by atoms with Crippen molar-refractivity contribution in [1.29, 1.82) is 0 Å². The van der Waals surface area contributed by atoms with Crippen LogP contribution in [0.15, 0.2) is 0 Å². The van der Waals surface area contributed by atoms with Crippen molar-refractivity contribution in [3.63, 3.8) is 0 Å². The summed E-state index contributed by atoms with van der Waals surface area (Å²) in [4.78, 5) is 11.8. The van der Waals surface area contributed by atoms with E-state index in [1.165, 1.54) is 0 Å². The summed E-state index contributed by atoms with van der Waals surface area (Å²) in [6, 6.07) is 0. The maximum Gasteiger partial charge on any atom is 0.169 e. The lowest BCUT2D eigenvalue weighted by molar-refractivity contribution is -0.161. The topological polar surface area (TPSA) is 35.5 Å². The Morgan fingerprint density at radius 1 is 1.41 bits per heavy atom. The first kappa shape index (κ1) is 11.7. The largest absolute Gasteiger partial charge is 0.348 e. The number of Topliss-reactive ketones (excluding diaryl/α,β-unsaturated/α-hetero) is 1. The molecule has 3 rings (SSSR count). The molecule has 1 spiro atoms. The molecule has 2 unspecified atom stereocenters. The highest BCUT2D eigenvalue weighted by Crippen LogP contribution is 2.62. The lowest BCUT2D eigenvalue weighted by atomic mass is 9.69. The first-order valence-corrected chi connectivity index (χ1v) is 6.90. The molecule has 1 heterocycles. The summed E-state index contributed by atoms with van der Waals surface area (Å²) in [5, 5.41) is 0. The van der Waals surface area contributed by atoms with Crippen LogP contribution in [0.5, 0.6) is 0 Å². The van der Waals surface area contributed by atoms with E-state index in [0.717, 1.165) is 45.3 Å². The molecule has 3 fully saturated rings. The Bertz CT molecular complexity index is 332. The van der Waals surface area contributed by atoms with E-state index in [1.807, 2.05) is 0 Å².